The van der Waals surface area contributed by atoms with Gasteiger partial charge in [0, 0.05) is 11.6 Å². The van der Waals surface area contributed by atoms with Crippen molar-refractivity contribution in [2.45, 2.75) is 10.9 Å². The summed E-state index contributed by atoms with van der Waals surface area (Å²) in [5.74, 6) is 0. The minimum Gasteiger partial charge on any atom is -0.394 e. The standard InChI is InChI=1S/C17H16N2O3S/c20-12-15(13-6-2-1-3-7-13)19-23(21,22)16-10-4-8-14-9-5-11-18-17(14)16/h1-11,15,19-20H,12H2. The van der Waals surface area contributed by atoms with E-state index in [1.165, 1.54) is 6.07 Å². The van der Waals surface area contributed by atoms with Gasteiger partial charge in [-0.3, -0.25) is 4.98 Å². The zero-order valence-electron chi connectivity index (χ0n) is 12.3. The van der Waals surface area contributed by atoms with E-state index in [0.717, 1.165) is 5.39 Å². The molecule has 2 N–H and O–H groups in total. The van der Waals surface area contributed by atoms with E-state index >= 15 is 0 Å². The van der Waals surface area contributed by atoms with Crippen molar-refractivity contribution < 1.29 is 13.5 Å². The van der Waals surface area contributed by atoms with Crippen molar-refractivity contribution in [2.24, 2.45) is 0 Å². The Bertz CT molecular complexity index is 906. The number of sulfonamides is 1. The molecule has 6 heteroatoms. The van der Waals surface area contributed by atoms with Gasteiger partial charge in [-0.25, -0.2) is 13.1 Å². The number of benzene rings is 2. The first kappa shape index (κ1) is 15.6. The summed E-state index contributed by atoms with van der Waals surface area (Å²) in [6, 6.07) is 16.8. The van der Waals surface area contributed by atoms with Crippen molar-refractivity contribution >= 4 is 20.9 Å². The van der Waals surface area contributed by atoms with Gasteiger partial charge in [-0.2, -0.15) is 0 Å². The molecule has 0 radical (unpaired) electrons. The first-order chi connectivity index (χ1) is 11.1. The lowest BCUT2D eigenvalue weighted by molar-refractivity contribution is 0.259. The van der Waals surface area contributed by atoms with E-state index in [1.54, 1.807) is 42.6 Å². The summed E-state index contributed by atoms with van der Waals surface area (Å²) in [5.41, 5.74) is 1.11. The van der Waals surface area contributed by atoms with Gasteiger partial charge in [0.25, 0.3) is 0 Å². The number of nitrogens with zero attached hydrogens (tertiary/aromatic N) is 1. The third-order valence-corrected chi connectivity index (χ3v) is 5.07. The van der Waals surface area contributed by atoms with Crippen molar-refractivity contribution in [3.05, 3.63) is 72.4 Å². The molecule has 1 atom stereocenters. The minimum atomic E-state index is -3.82. The smallest absolute Gasteiger partial charge is 0.243 e. The van der Waals surface area contributed by atoms with Gasteiger partial charge in [0.05, 0.1) is 18.2 Å². The summed E-state index contributed by atoms with van der Waals surface area (Å²) < 4.78 is 28.0. The molecule has 2 aromatic carbocycles. The van der Waals surface area contributed by atoms with Crippen LogP contribution in [0.1, 0.15) is 11.6 Å². The molecule has 0 saturated heterocycles. The highest BCUT2D eigenvalue weighted by atomic mass is 32.2. The number of para-hydroxylation sites is 1. The molecule has 0 aliphatic carbocycles. The maximum atomic E-state index is 12.7. The summed E-state index contributed by atoms with van der Waals surface area (Å²) >= 11 is 0. The van der Waals surface area contributed by atoms with E-state index in [-0.39, 0.29) is 11.5 Å². The number of nitrogens with one attached hydrogen (secondary N) is 1. The van der Waals surface area contributed by atoms with Gasteiger partial charge in [0.1, 0.15) is 4.90 Å². The molecule has 0 spiro atoms. The van der Waals surface area contributed by atoms with Gasteiger partial charge in [-0.05, 0) is 17.7 Å². The van der Waals surface area contributed by atoms with Gasteiger partial charge < -0.3 is 5.11 Å². The number of hydrogen-bond acceptors (Lipinski definition) is 4. The third-order valence-electron chi connectivity index (χ3n) is 3.57. The first-order valence-corrected chi connectivity index (χ1v) is 8.62. The molecule has 1 unspecified atom stereocenters. The largest absolute Gasteiger partial charge is 0.394 e. The summed E-state index contributed by atoms with van der Waals surface area (Å²) in [5, 5.41) is 10.3. The van der Waals surface area contributed by atoms with E-state index in [0.29, 0.717) is 11.1 Å². The van der Waals surface area contributed by atoms with Crippen LogP contribution < -0.4 is 4.72 Å². The molecular weight excluding hydrogens is 312 g/mol. The fraction of sp³-hybridized carbons (Fsp3) is 0.118. The molecule has 0 aliphatic rings. The fourth-order valence-electron chi connectivity index (χ4n) is 2.44. The predicted octanol–water partition coefficient (Wildman–Crippen LogP) is 2.25. The molecule has 0 saturated carbocycles. The second-order valence-corrected chi connectivity index (χ2v) is 6.78. The van der Waals surface area contributed by atoms with Gasteiger partial charge in [0.15, 0.2) is 0 Å². The second kappa shape index (κ2) is 6.45. The van der Waals surface area contributed by atoms with Crippen molar-refractivity contribution in [2.75, 3.05) is 6.61 Å². The van der Waals surface area contributed by atoms with Crippen LogP contribution in [0.3, 0.4) is 0 Å². The maximum absolute atomic E-state index is 12.7. The van der Waals surface area contributed by atoms with E-state index in [9.17, 15) is 13.5 Å². The Balaban J connectivity index is 2.01. The number of hydrogen-bond donors (Lipinski definition) is 2. The molecule has 1 heterocycles. The van der Waals surface area contributed by atoms with E-state index in [2.05, 4.69) is 9.71 Å². The highest BCUT2D eigenvalue weighted by Gasteiger charge is 2.23. The molecule has 0 fully saturated rings. The van der Waals surface area contributed by atoms with Crippen LogP contribution in [0, 0.1) is 0 Å². The Kier molecular flexibility index (Phi) is 4.38. The Morgan fingerprint density at radius 1 is 1.00 bits per heavy atom. The molecule has 23 heavy (non-hydrogen) atoms. The Morgan fingerprint density at radius 2 is 1.74 bits per heavy atom. The van der Waals surface area contributed by atoms with Crippen molar-refractivity contribution in [1.82, 2.24) is 9.71 Å². The predicted molar refractivity (Wildman–Crippen MR) is 88.3 cm³/mol. The van der Waals surface area contributed by atoms with Crippen molar-refractivity contribution in [1.29, 1.82) is 0 Å². The normalized spacial score (nSPS) is 13.1. The Morgan fingerprint density at radius 3 is 2.48 bits per heavy atom. The van der Waals surface area contributed by atoms with Gasteiger partial charge in [0.2, 0.25) is 10.0 Å². The average Bonchev–Trinajstić information content (AvgIpc) is 2.60. The summed E-state index contributed by atoms with van der Waals surface area (Å²) in [4.78, 5) is 4.27. The number of rotatable bonds is 5. The van der Waals surface area contributed by atoms with Crippen LogP contribution in [0.4, 0.5) is 0 Å². The lowest BCUT2D eigenvalue weighted by atomic mass is 10.1. The number of aromatic nitrogens is 1. The number of aliphatic hydroxyl groups is 1. The van der Waals surface area contributed by atoms with E-state index < -0.39 is 16.1 Å². The molecular formula is C17H16N2O3S. The van der Waals surface area contributed by atoms with Gasteiger partial charge in [-0.15, -0.1) is 0 Å². The maximum Gasteiger partial charge on any atom is 0.243 e. The number of pyridine rings is 1. The van der Waals surface area contributed by atoms with Crippen LogP contribution in [-0.2, 0) is 10.0 Å². The third kappa shape index (κ3) is 3.24. The van der Waals surface area contributed by atoms with Crippen molar-refractivity contribution in [3.8, 4) is 0 Å². The van der Waals surface area contributed by atoms with Crippen LogP contribution in [0.15, 0.2) is 71.8 Å². The van der Waals surface area contributed by atoms with E-state index in [1.807, 2.05) is 18.2 Å². The van der Waals surface area contributed by atoms with Gasteiger partial charge >= 0.3 is 0 Å². The van der Waals surface area contributed by atoms with Gasteiger partial charge in [-0.1, -0.05) is 48.5 Å². The number of fused-ring (bicyclic) bond motifs is 1. The fourth-order valence-corrected chi connectivity index (χ4v) is 3.83. The summed E-state index contributed by atoms with van der Waals surface area (Å²) in [6.45, 7) is -0.332. The van der Waals surface area contributed by atoms with Crippen molar-refractivity contribution in [3.63, 3.8) is 0 Å². The first-order valence-electron chi connectivity index (χ1n) is 7.14. The average molecular weight is 328 g/mol. The lowest BCUT2D eigenvalue weighted by Gasteiger charge is -2.17. The quantitative estimate of drug-likeness (QED) is 0.753. The Hall–Kier alpha value is -2.28. The molecule has 0 bridgehead atoms. The van der Waals surface area contributed by atoms with Crippen LogP contribution in [0.25, 0.3) is 10.9 Å². The van der Waals surface area contributed by atoms with Crippen LogP contribution >= 0.6 is 0 Å². The molecule has 5 nitrogen and oxygen atoms in total. The lowest BCUT2D eigenvalue weighted by Crippen LogP contribution is -2.31. The Labute approximate surface area is 134 Å². The zero-order valence-corrected chi connectivity index (χ0v) is 13.1. The molecule has 118 valence electrons. The molecule has 0 aliphatic heterocycles. The van der Waals surface area contributed by atoms with Crippen LogP contribution in [0.5, 0.6) is 0 Å². The minimum absolute atomic E-state index is 0.102. The number of aliphatic hydroxyl groups excluding tert-OH is 1. The SMILES string of the molecule is O=S(=O)(NC(CO)c1ccccc1)c1cccc2cccnc12. The second-order valence-electron chi connectivity index (χ2n) is 5.10. The highest BCUT2D eigenvalue weighted by molar-refractivity contribution is 7.89. The van der Waals surface area contributed by atoms with Crippen LogP contribution in [0.2, 0.25) is 0 Å². The van der Waals surface area contributed by atoms with E-state index in [4.69, 9.17) is 0 Å². The molecule has 1 aromatic heterocycles. The zero-order chi connectivity index (χ0) is 16.3. The monoisotopic (exact) mass is 328 g/mol. The highest BCUT2D eigenvalue weighted by Crippen LogP contribution is 2.23. The summed E-state index contributed by atoms with van der Waals surface area (Å²) in [6.07, 6.45) is 1.56. The molecule has 3 aromatic rings. The molecule has 3 rings (SSSR count). The molecule has 0 amide bonds. The topological polar surface area (TPSA) is 79.3 Å². The summed E-state index contributed by atoms with van der Waals surface area (Å²) in [7, 11) is -3.82. The van der Waals surface area contributed by atoms with Crippen LogP contribution in [-0.4, -0.2) is 25.1 Å².